The van der Waals surface area contributed by atoms with E-state index in [1.807, 2.05) is 0 Å². The van der Waals surface area contributed by atoms with E-state index >= 15 is 0 Å². The lowest BCUT2D eigenvalue weighted by Crippen LogP contribution is -2.07. The zero-order valence-corrected chi connectivity index (χ0v) is 16.1. The van der Waals surface area contributed by atoms with Crippen molar-refractivity contribution in [1.82, 2.24) is 15.0 Å². The fourth-order valence-electron chi connectivity index (χ4n) is 2.49. The van der Waals surface area contributed by atoms with E-state index in [-0.39, 0.29) is 0 Å². The monoisotopic (exact) mass is 465 g/mol. The lowest BCUT2D eigenvalue weighted by Gasteiger charge is -2.12. The van der Waals surface area contributed by atoms with Crippen molar-refractivity contribution in [2.24, 2.45) is 0 Å². The molecule has 154 valence electrons. The lowest BCUT2D eigenvalue weighted by atomic mass is 10.1. The molecule has 0 saturated heterocycles. The maximum Gasteiger partial charge on any atom is 0.312 e. The number of rotatable bonds is 4. The maximum absolute atomic E-state index is 13.3. The summed E-state index contributed by atoms with van der Waals surface area (Å²) in [6.07, 6.45) is -0.631. The number of aromatic nitrogens is 3. The van der Waals surface area contributed by atoms with Gasteiger partial charge >= 0.3 is 6.08 Å². The van der Waals surface area contributed by atoms with Crippen molar-refractivity contribution in [1.29, 1.82) is 0 Å². The van der Waals surface area contributed by atoms with Gasteiger partial charge in [0.2, 0.25) is 0 Å². The molecule has 3 rings (SSSR count). The summed E-state index contributed by atoms with van der Waals surface area (Å²) in [5.74, 6) is -0.604. The van der Waals surface area contributed by atoms with E-state index in [4.69, 9.17) is 0 Å². The van der Waals surface area contributed by atoms with Crippen LogP contribution in [0, 0.1) is 6.08 Å². The van der Waals surface area contributed by atoms with Crippen LogP contribution in [0.1, 0.15) is 0 Å². The number of halogens is 1. The van der Waals surface area contributed by atoms with Gasteiger partial charge in [-0.3, -0.25) is 13.7 Å². The fourth-order valence-corrected chi connectivity index (χ4v) is 4.54. The summed E-state index contributed by atoms with van der Waals surface area (Å²) < 4.78 is 111. The van der Waals surface area contributed by atoms with Crippen molar-refractivity contribution < 1.29 is 43.3 Å². The van der Waals surface area contributed by atoms with E-state index in [1.54, 1.807) is 0 Å². The van der Waals surface area contributed by atoms with E-state index in [1.165, 1.54) is 0 Å². The van der Waals surface area contributed by atoms with Crippen LogP contribution in [0.2, 0.25) is 0 Å². The van der Waals surface area contributed by atoms with Crippen LogP contribution in [-0.2, 0) is 30.4 Å². The molecule has 1 heterocycles. The van der Waals surface area contributed by atoms with E-state index in [9.17, 15) is 43.3 Å². The highest BCUT2D eigenvalue weighted by atomic mass is 32.2. The molecule has 0 saturated carbocycles. The van der Waals surface area contributed by atoms with E-state index < -0.39 is 73.3 Å². The summed E-state index contributed by atoms with van der Waals surface area (Å²) in [5, 5.41) is -0.846. The third-order valence-corrected chi connectivity index (χ3v) is 6.24. The first kappa shape index (κ1) is 21.1. The quantitative estimate of drug-likeness (QED) is 0.453. The molecule has 12 nitrogen and oxygen atoms in total. The largest absolute Gasteiger partial charge is 0.312 e. The summed E-state index contributed by atoms with van der Waals surface area (Å²) in [6.45, 7) is 0. The molecule has 0 radical (unpaired) electrons. The molecule has 0 fully saturated rings. The van der Waals surface area contributed by atoms with Crippen molar-refractivity contribution >= 4 is 41.1 Å². The van der Waals surface area contributed by atoms with E-state index in [0.29, 0.717) is 24.5 Å². The second-order valence-electron chi connectivity index (χ2n) is 5.49. The fraction of sp³-hybridized carbons (Fsp3) is 0. The van der Waals surface area contributed by atoms with Crippen LogP contribution in [0.15, 0.2) is 45.3 Å². The average molecular weight is 465 g/mol. The van der Waals surface area contributed by atoms with Gasteiger partial charge in [-0.15, -0.1) is 0 Å². The minimum atomic E-state index is -5.08. The molecule has 2 aromatic carbocycles. The van der Waals surface area contributed by atoms with Crippen LogP contribution in [-0.4, -0.2) is 53.9 Å². The van der Waals surface area contributed by atoms with Gasteiger partial charge in [-0.25, -0.2) is 4.98 Å². The van der Waals surface area contributed by atoms with Crippen molar-refractivity contribution in [3.8, 4) is 11.4 Å². The first-order valence-electron chi connectivity index (χ1n) is 7.07. The summed E-state index contributed by atoms with van der Waals surface area (Å²) in [6, 6.07) is 2.55. The first-order valence-corrected chi connectivity index (χ1v) is 11.4. The zero-order valence-electron chi connectivity index (χ0n) is 13.6. The van der Waals surface area contributed by atoms with Gasteiger partial charge in [-0.1, -0.05) is 0 Å². The predicted octanol–water partition coefficient (Wildman–Crippen LogP) is 0.571. The van der Waals surface area contributed by atoms with E-state index in [0.717, 1.165) is 6.07 Å². The Bertz CT molecular complexity index is 1490. The van der Waals surface area contributed by atoms with Gasteiger partial charge in [0.1, 0.15) is 16.1 Å². The van der Waals surface area contributed by atoms with Crippen molar-refractivity contribution in [3.05, 3.63) is 36.7 Å². The number of hydrogen-bond donors (Lipinski definition) is 3. The number of benzene rings is 2. The molecule has 0 aliphatic rings. The van der Waals surface area contributed by atoms with Crippen molar-refractivity contribution in [2.45, 2.75) is 14.7 Å². The van der Waals surface area contributed by atoms with Gasteiger partial charge in [-0.05, 0) is 29.7 Å². The molecule has 3 N–H and O–H groups in total. The Morgan fingerprint density at radius 1 is 0.759 bits per heavy atom. The Labute approximate surface area is 162 Å². The standard InChI is InChI=1S/C13H8FN3O9S3/c14-13-16-5-15-12(17-13)9-4-8-6(2-10(9)28(21,22)23)1-7(27(18,19)20)3-11(8)29(24,25)26/h1-5H,(H,18,19,20)(H,21,22,23)(H,24,25,26). The van der Waals surface area contributed by atoms with Crippen molar-refractivity contribution in [2.75, 3.05) is 0 Å². The Morgan fingerprint density at radius 3 is 1.90 bits per heavy atom. The number of hydrogen-bond acceptors (Lipinski definition) is 9. The average Bonchev–Trinajstić information content (AvgIpc) is 2.57. The van der Waals surface area contributed by atoms with Crippen LogP contribution in [0.5, 0.6) is 0 Å². The molecule has 0 bridgehead atoms. The molecule has 29 heavy (non-hydrogen) atoms. The second kappa shape index (κ2) is 6.71. The highest BCUT2D eigenvalue weighted by Gasteiger charge is 2.25. The molecule has 0 aliphatic heterocycles. The third-order valence-electron chi connectivity index (χ3n) is 3.63. The summed E-state index contributed by atoms with van der Waals surface area (Å²) in [5.41, 5.74) is -0.564. The highest BCUT2D eigenvalue weighted by molar-refractivity contribution is 7.87. The van der Waals surface area contributed by atoms with Crippen LogP contribution < -0.4 is 0 Å². The molecule has 1 aromatic heterocycles. The van der Waals surface area contributed by atoms with Crippen molar-refractivity contribution in [3.63, 3.8) is 0 Å². The SMILES string of the molecule is O=S(=O)(O)c1cc(S(=O)(=O)O)c2cc(-c3ncnc(F)n3)c(S(=O)(=O)O)cc2c1. The molecular weight excluding hydrogens is 457 g/mol. The Morgan fingerprint density at radius 2 is 1.38 bits per heavy atom. The molecule has 0 amide bonds. The maximum atomic E-state index is 13.3. The van der Waals surface area contributed by atoms with Crippen LogP contribution in [0.3, 0.4) is 0 Å². The molecular formula is C13H8FN3O9S3. The molecule has 0 atom stereocenters. The highest BCUT2D eigenvalue weighted by Crippen LogP contribution is 2.34. The topological polar surface area (TPSA) is 202 Å². The number of fused-ring (bicyclic) bond motifs is 1. The molecule has 0 aliphatic carbocycles. The summed E-state index contributed by atoms with van der Waals surface area (Å²) in [7, 11) is -15.1. The predicted molar refractivity (Wildman–Crippen MR) is 92.2 cm³/mol. The first-order chi connectivity index (χ1) is 13.2. The smallest absolute Gasteiger partial charge is 0.282 e. The lowest BCUT2D eigenvalue weighted by molar-refractivity contribution is 0.480. The zero-order chi connectivity index (χ0) is 21.8. The Balaban J connectivity index is 2.57. The van der Waals surface area contributed by atoms with E-state index in [2.05, 4.69) is 15.0 Å². The van der Waals surface area contributed by atoms with Crippen LogP contribution >= 0.6 is 0 Å². The van der Waals surface area contributed by atoms with Gasteiger partial charge in [0.15, 0.2) is 5.82 Å². The second-order valence-corrected chi connectivity index (χ2v) is 9.70. The third kappa shape index (κ3) is 4.21. The molecule has 16 heteroatoms. The molecule has 0 spiro atoms. The molecule has 3 aromatic rings. The normalized spacial score (nSPS) is 13.0. The number of nitrogens with zero attached hydrogens (tertiary/aromatic N) is 3. The van der Waals surface area contributed by atoms with Gasteiger partial charge in [0, 0.05) is 10.9 Å². The van der Waals surface area contributed by atoms with Crippen LogP contribution in [0.25, 0.3) is 22.2 Å². The Kier molecular flexibility index (Phi) is 4.88. The minimum Gasteiger partial charge on any atom is -0.282 e. The summed E-state index contributed by atoms with van der Waals surface area (Å²) >= 11 is 0. The van der Waals surface area contributed by atoms with Gasteiger partial charge in [-0.2, -0.15) is 39.6 Å². The minimum absolute atomic E-state index is 0.418. The van der Waals surface area contributed by atoms with Gasteiger partial charge in [0.25, 0.3) is 30.4 Å². The van der Waals surface area contributed by atoms with Crippen LogP contribution in [0.4, 0.5) is 4.39 Å². The molecule has 0 unspecified atom stereocenters. The van der Waals surface area contributed by atoms with Gasteiger partial charge < -0.3 is 0 Å². The summed E-state index contributed by atoms with van der Waals surface area (Å²) in [4.78, 5) is 6.98. The van der Waals surface area contributed by atoms with Gasteiger partial charge in [0.05, 0.1) is 4.90 Å². The Hall–Kier alpha value is -2.63.